The lowest BCUT2D eigenvalue weighted by molar-refractivity contribution is -0.123. The van der Waals surface area contributed by atoms with Gasteiger partial charge in [0.2, 0.25) is 5.91 Å². The second-order valence-corrected chi connectivity index (χ2v) is 7.54. The molecule has 150 valence electrons. The van der Waals surface area contributed by atoms with Gasteiger partial charge in [-0.05, 0) is 24.6 Å². The van der Waals surface area contributed by atoms with E-state index in [-0.39, 0.29) is 11.9 Å². The fourth-order valence-electron chi connectivity index (χ4n) is 4.15. The lowest BCUT2D eigenvalue weighted by atomic mass is 10.0. The summed E-state index contributed by atoms with van der Waals surface area (Å²) >= 11 is 0. The number of nitrogens with zero attached hydrogens (tertiary/aromatic N) is 3. The minimum atomic E-state index is 0.0124. The van der Waals surface area contributed by atoms with Crippen LogP contribution in [0.25, 0.3) is 0 Å². The summed E-state index contributed by atoms with van der Waals surface area (Å²) in [5, 5.41) is 12.6. The number of carbonyl (C=O) groups excluding carboxylic acids is 1. The third-order valence-electron chi connectivity index (χ3n) is 5.61. The van der Waals surface area contributed by atoms with Crippen LogP contribution in [0.5, 0.6) is 5.75 Å². The fourth-order valence-corrected chi connectivity index (χ4v) is 4.15. The van der Waals surface area contributed by atoms with Gasteiger partial charge in [0, 0.05) is 38.2 Å². The quantitative estimate of drug-likeness (QED) is 0.869. The van der Waals surface area contributed by atoms with Crippen LogP contribution in [-0.4, -0.2) is 50.1 Å². The molecule has 2 aliphatic rings. The molecule has 2 heterocycles. The molecule has 0 aliphatic carbocycles. The monoisotopic (exact) mass is 390 g/mol. The van der Waals surface area contributed by atoms with Crippen LogP contribution in [-0.2, 0) is 4.79 Å². The van der Waals surface area contributed by atoms with Crippen molar-refractivity contribution >= 4 is 11.6 Å². The van der Waals surface area contributed by atoms with E-state index in [1.165, 1.54) is 0 Å². The second-order valence-electron chi connectivity index (χ2n) is 7.54. The first-order chi connectivity index (χ1) is 14.2. The molecule has 6 nitrogen and oxygen atoms in total. The Hall–Kier alpha value is -3.04. The van der Waals surface area contributed by atoms with Gasteiger partial charge in [-0.3, -0.25) is 9.69 Å². The minimum Gasteiger partial charge on any atom is -0.493 e. The van der Waals surface area contributed by atoms with E-state index in [4.69, 9.17) is 4.74 Å². The van der Waals surface area contributed by atoms with E-state index in [1.807, 2.05) is 48.5 Å². The first kappa shape index (κ1) is 19.3. The number of amides is 1. The van der Waals surface area contributed by atoms with Gasteiger partial charge in [0.05, 0.1) is 30.4 Å². The van der Waals surface area contributed by atoms with Crippen LogP contribution in [0, 0.1) is 11.3 Å². The van der Waals surface area contributed by atoms with Crippen molar-refractivity contribution in [3.8, 4) is 11.8 Å². The molecule has 1 atom stereocenters. The van der Waals surface area contributed by atoms with Gasteiger partial charge >= 0.3 is 0 Å². The van der Waals surface area contributed by atoms with Gasteiger partial charge in [-0.25, -0.2) is 0 Å². The van der Waals surface area contributed by atoms with E-state index in [0.717, 1.165) is 56.0 Å². The Labute approximate surface area is 171 Å². The predicted molar refractivity (Wildman–Crippen MR) is 112 cm³/mol. The molecule has 1 N–H and O–H groups in total. The third-order valence-corrected chi connectivity index (χ3v) is 5.61. The molecule has 29 heavy (non-hydrogen) atoms. The normalized spacial score (nSPS) is 19.4. The maximum Gasteiger partial charge on any atom is 0.234 e. The Morgan fingerprint density at radius 3 is 2.83 bits per heavy atom. The average Bonchev–Trinajstić information content (AvgIpc) is 2.99. The number of hydrogen-bond donors (Lipinski definition) is 1. The number of nitriles is 1. The first-order valence-corrected chi connectivity index (χ1v) is 10.2. The van der Waals surface area contributed by atoms with E-state index >= 15 is 0 Å². The maximum atomic E-state index is 12.7. The number of fused-ring (bicyclic) bond motifs is 1. The summed E-state index contributed by atoms with van der Waals surface area (Å²) in [6.07, 6.45) is 1.76. The molecule has 6 heteroatoms. The van der Waals surface area contributed by atoms with Gasteiger partial charge in [0.15, 0.2) is 0 Å². The summed E-state index contributed by atoms with van der Waals surface area (Å²) in [5.74, 6) is 0.920. The Morgan fingerprint density at radius 1 is 1.10 bits per heavy atom. The molecule has 0 radical (unpaired) electrons. The van der Waals surface area contributed by atoms with E-state index in [9.17, 15) is 10.1 Å². The van der Waals surface area contributed by atoms with Crippen LogP contribution < -0.4 is 15.0 Å². The molecule has 2 aromatic carbocycles. The molecule has 0 aromatic heterocycles. The average molecular weight is 390 g/mol. The van der Waals surface area contributed by atoms with Gasteiger partial charge in [0.1, 0.15) is 11.8 Å². The van der Waals surface area contributed by atoms with Crippen LogP contribution in [0.15, 0.2) is 48.5 Å². The topological polar surface area (TPSA) is 68.6 Å². The third kappa shape index (κ3) is 4.52. The zero-order valence-corrected chi connectivity index (χ0v) is 16.5. The summed E-state index contributed by atoms with van der Waals surface area (Å²) in [4.78, 5) is 17.2. The molecular formula is C23H26N4O2. The number of nitrogens with one attached hydrogen (secondary N) is 1. The van der Waals surface area contributed by atoms with Crippen molar-refractivity contribution in [3.63, 3.8) is 0 Å². The molecular weight excluding hydrogens is 364 g/mol. The maximum absolute atomic E-state index is 12.7. The fraction of sp³-hybridized carbons (Fsp3) is 0.391. The lowest BCUT2D eigenvalue weighted by Crippen LogP contribution is -2.41. The summed E-state index contributed by atoms with van der Waals surface area (Å²) in [6, 6.07) is 17.9. The molecule has 2 aliphatic heterocycles. The number of rotatable bonds is 4. The zero-order chi connectivity index (χ0) is 20.1. The number of hydrogen-bond acceptors (Lipinski definition) is 5. The largest absolute Gasteiger partial charge is 0.493 e. The zero-order valence-electron chi connectivity index (χ0n) is 16.5. The Kier molecular flexibility index (Phi) is 5.97. The highest BCUT2D eigenvalue weighted by Gasteiger charge is 2.24. The molecule has 1 saturated heterocycles. The number of benzene rings is 2. The molecule has 1 unspecified atom stereocenters. The van der Waals surface area contributed by atoms with Gasteiger partial charge in [-0.2, -0.15) is 5.26 Å². The second kappa shape index (κ2) is 8.97. The van der Waals surface area contributed by atoms with E-state index in [2.05, 4.69) is 21.2 Å². The van der Waals surface area contributed by atoms with Gasteiger partial charge in [-0.1, -0.05) is 30.3 Å². The molecule has 0 spiro atoms. The first-order valence-electron chi connectivity index (χ1n) is 10.2. The van der Waals surface area contributed by atoms with Crippen LogP contribution in [0.1, 0.15) is 30.0 Å². The highest BCUT2D eigenvalue weighted by atomic mass is 16.5. The summed E-state index contributed by atoms with van der Waals surface area (Å²) in [6.45, 7) is 4.41. The van der Waals surface area contributed by atoms with E-state index < -0.39 is 0 Å². The summed E-state index contributed by atoms with van der Waals surface area (Å²) < 4.78 is 5.68. The van der Waals surface area contributed by atoms with Crippen molar-refractivity contribution in [1.82, 2.24) is 10.2 Å². The molecule has 2 aromatic rings. The van der Waals surface area contributed by atoms with Gasteiger partial charge in [0.25, 0.3) is 0 Å². The molecule has 1 fully saturated rings. The van der Waals surface area contributed by atoms with E-state index in [0.29, 0.717) is 18.7 Å². The van der Waals surface area contributed by atoms with Gasteiger partial charge < -0.3 is 15.0 Å². The summed E-state index contributed by atoms with van der Waals surface area (Å²) in [5.41, 5.74) is 2.75. The SMILES string of the molecule is N#Cc1ccccc1N1CCCN(CC(=O)NC2CCOc3ccccc32)CC1. The minimum absolute atomic E-state index is 0.0124. The van der Waals surface area contributed by atoms with Crippen LogP contribution in [0.4, 0.5) is 5.69 Å². The van der Waals surface area contributed by atoms with Crippen molar-refractivity contribution in [3.05, 3.63) is 59.7 Å². The number of anilines is 1. The summed E-state index contributed by atoms with van der Waals surface area (Å²) in [7, 11) is 0. The Balaban J connectivity index is 1.34. The van der Waals surface area contributed by atoms with Crippen LogP contribution in [0.2, 0.25) is 0 Å². The smallest absolute Gasteiger partial charge is 0.234 e. The van der Waals surface area contributed by atoms with Crippen molar-refractivity contribution in [2.75, 3.05) is 44.2 Å². The van der Waals surface area contributed by atoms with Crippen molar-refractivity contribution in [2.45, 2.75) is 18.9 Å². The molecule has 1 amide bonds. The van der Waals surface area contributed by atoms with Crippen LogP contribution >= 0.6 is 0 Å². The molecule has 0 bridgehead atoms. The van der Waals surface area contributed by atoms with Gasteiger partial charge in [-0.15, -0.1) is 0 Å². The van der Waals surface area contributed by atoms with Crippen molar-refractivity contribution in [1.29, 1.82) is 5.26 Å². The highest BCUT2D eigenvalue weighted by molar-refractivity contribution is 5.78. The Morgan fingerprint density at radius 2 is 1.93 bits per heavy atom. The Bertz CT molecular complexity index is 908. The molecule has 4 rings (SSSR count). The molecule has 0 saturated carbocycles. The van der Waals surface area contributed by atoms with E-state index in [1.54, 1.807) is 0 Å². The van der Waals surface area contributed by atoms with Crippen molar-refractivity contribution < 1.29 is 9.53 Å². The van der Waals surface area contributed by atoms with Crippen LogP contribution in [0.3, 0.4) is 0 Å². The number of ether oxygens (including phenoxy) is 1. The number of carbonyl (C=O) groups is 1. The lowest BCUT2D eigenvalue weighted by Gasteiger charge is -2.28. The van der Waals surface area contributed by atoms with Crippen molar-refractivity contribution in [2.24, 2.45) is 0 Å². The predicted octanol–water partition coefficient (Wildman–Crippen LogP) is 2.71. The number of para-hydroxylation sites is 2. The standard InChI is InChI=1S/C23H26N4O2/c24-16-18-6-1-3-8-21(18)27-12-5-11-26(13-14-27)17-23(28)25-20-10-15-29-22-9-4-2-7-19(20)22/h1-4,6-9,20H,5,10-15,17H2,(H,25,28). The highest BCUT2D eigenvalue weighted by Crippen LogP contribution is 2.31.